The molecule has 0 radical (unpaired) electrons. The molecule has 0 bridgehead atoms. The van der Waals surface area contributed by atoms with E-state index in [0.717, 1.165) is 17.7 Å². The number of morpholine rings is 1. The molecule has 0 aliphatic carbocycles. The van der Waals surface area contributed by atoms with Gasteiger partial charge in [0.15, 0.2) is 12.4 Å². The van der Waals surface area contributed by atoms with Crippen molar-refractivity contribution >= 4 is 5.91 Å². The van der Waals surface area contributed by atoms with Crippen LogP contribution in [0.5, 0.6) is 5.75 Å². The van der Waals surface area contributed by atoms with Gasteiger partial charge in [0.2, 0.25) is 6.39 Å². The summed E-state index contributed by atoms with van der Waals surface area (Å²) in [5.41, 5.74) is 1.08. The van der Waals surface area contributed by atoms with Crippen LogP contribution in [0.1, 0.15) is 24.4 Å². The van der Waals surface area contributed by atoms with E-state index in [0.29, 0.717) is 25.6 Å². The lowest BCUT2D eigenvalue weighted by Gasteiger charge is -2.33. The van der Waals surface area contributed by atoms with Gasteiger partial charge in [-0.25, -0.2) is 0 Å². The zero-order valence-corrected chi connectivity index (χ0v) is 13.0. The summed E-state index contributed by atoms with van der Waals surface area (Å²) in [5, 5.41) is 3.82. The average Bonchev–Trinajstić information content (AvgIpc) is 3.14. The lowest BCUT2D eigenvalue weighted by Crippen LogP contribution is -2.45. The highest BCUT2D eigenvalue weighted by molar-refractivity contribution is 5.78. The van der Waals surface area contributed by atoms with E-state index in [2.05, 4.69) is 17.1 Å². The zero-order valence-electron chi connectivity index (χ0n) is 13.0. The molecule has 7 nitrogen and oxygen atoms in total. The van der Waals surface area contributed by atoms with Crippen molar-refractivity contribution < 1.29 is 18.8 Å². The molecule has 1 fully saturated rings. The number of benzene rings is 1. The third-order valence-corrected chi connectivity index (χ3v) is 3.83. The first-order chi connectivity index (χ1) is 11.3. The Labute approximate surface area is 134 Å². The fourth-order valence-corrected chi connectivity index (χ4v) is 2.60. The van der Waals surface area contributed by atoms with Gasteiger partial charge in [-0.2, -0.15) is 4.98 Å². The third kappa shape index (κ3) is 3.50. The standard InChI is InChI=1S/C16H19N3O4/c1-2-12-5-3-4-6-14(12)22-10-15(20)19-7-8-21-9-13(19)16-17-11-23-18-16/h3-6,11,13H,2,7-10H2,1H3. The summed E-state index contributed by atoms with van der Waals surface area (Å²) >= 11 is 0. The van der Waals surface area contributed by atoms with Gasteiger partial charge < -0.3 is 18.9 Å². The highest BCUT2D eigenvalue weighted by Crippen LogP contribution is 2.22. The van der Waals surface area contributed by atoms with Crippen LogP contribution >= 0.6 is 0 Å². The first-order valence-corrected chi connectivity index (χ1v) is 7.63. The van der Waals surface area contributed by atoms with Crippen LogP contribution in [0.25, 0.3) is 0 Å². The van der Waals surface area contributed by atoms with Crippen LogP contribution in [-0.4, -0.2) is 47.3 Å². The maximum atomic E-state index is 12.5. The molecule has 0 N–H and O–H groups in total. The molecule has 1 aliphatic rings. The Morgan fingerprint density at radius 2 is 2.30 bits per heavy atom. The van der Waals surface area contributed by atoms with Gasteiger partial charge in [0.05, 0.1) is 13.2 Å². The molecular formula is C16H19N3O4. The van der Waals surface area contributed by atoms with E-state index in [4.69, 9.17) is 14.0 Å². The Hall–Kier alpha value is -2.41. The molecule has 3 rings (SSSR count). The molecular weight excluding hydrogens is 298 g/mol. The minimum Gasteiger partial charge on any atom is -0.483 e. The molecule has 1 saturated heterocycles. The number of carbonyl (C=O) groups is 1. The summed E-state index contributed by atoms with van der Waals surface area (Å²) in [6, 6.07) is 7.40. The smallest absolute Gasteiger partial charge is 0.261 e. The molecule has 1 aromatic carbocycles. The van der Waals surface area contributed by atoms with Gasteiger partial charge in [-0.15, -0.1) is 0 Å². The van der Waals surface area contributed by atoms with Crippen molar-refractivity contribution in [3.8, 4) is 5.75 Å². The Morgan fingerprint density at radius 1 is 1.43 bits per heavy atom. The molecule has 1 amide bonds. The predicted molar refractivity (Wildman–Crippen MR) is 80.9 cm³/mol. The molecule has 2 aromatic rings. The predicted octanol–water partition coefficient (Wildman–Crippen LogP) is 1.61. The molecule has 7 heteroatoms. The summed E-state index contributed by atoms with van der Waals surface area (Å²) < 4.78 is 15.9. The number of nitrogens with zero attached hydrogens (tertiary/aromatic N) is 3. The first-order valence-electron chi connectivity index (χ1n) is 7.63. The van der Waals surface area contributed by atoms with E-state index in [1.54, 1.807) is 4.90 Å². The number of aryl methyl sites for hydroxylation is 1. The number of aromatic nitrogens is 2. The van der Waals surface area contributed by atoms with Crippen molar-refractivity contribution in [1.29, 1.82) is 0 Å². The van der Waals surface area contributed by atoms with Crippen molar-refractivity contribution in [1.82, 2.24) is 15.0 Å². The second-order valence-corrected chi connectivity index (χ2v) is 5.22. The van der Waals surface area contributed by atoms with Crippen molar-refractivity contribution in [2.75, 3.05) is 26.4 Å². The van der Waals surface area contributed by atoms with Gasteiger partial charge in [-0.1, -0.05) is 30.3 Å². The summed E-state index contributed by atoms with van der Waals surface area (Å²) in [7, 11) is 0. The molecule has 1 unspecified atom stereocenters. The number of para-hydroxylation sites is 1. The van der Waals surface area contributed by atoms with E-state index >= 15 is 0 Å². The summed E-state index contributed by atoms with van der Waals surface area (Å²) in [6.45, 7) is 3.36. The van der Waals surface area contributed by atoms with Crippen LogP contribution < -0.4 is 4.74 Å². The molecule has 122 valence electrons. The van der Waals surface area contributed by atoms with Gasteiger partial charge in [0.25, 0.3) is 5.91 Å². The van der Waals surface area contributed by atoms with Gasteiger partial charge in [-0.3, -0.25) is 4.79 Å². The minimum absolute atomic E-state index is 0.0225. The van der Waals surface area contributed by atoms with Crippen LogP contribution in [0.3, 0.4) is 0 Å². The number of hydrogen-bond acceptors (Lipinski definition) is 6. The Morgan fingerprint density at radius 3 is 3.09 bits per heavy atom. The topological polar surface area (TPSA) is 77.7 Å². The van der Waals surface area contributed by atoms with E-state index in [9.17, 15) is 4.79 Å². The van der Waals surface area contributed by atoms with E-state index in [-0.39, 0.29) is 18.6 Å². The van der Waals surface area contributed by atoms with Gasteiger partial charge in [0.1, 0.15) is 11.8 Å². The van der Waals surface area contributed by atoms with E-state index in [1.807, 2.05) is 24.3 Å². The maximum Gasteiger partial charge on any atom is 0.261 e. The number of carbonyl (C=O) groups excluding carboxylic acids is 1. The lowest BCUT2D eigenvalue weighted by atomic mass is 10.1. The minimum atomic E-state index is -0.333. The van der Waals surface area contributed by atoms with Gasteiger partial charge in [0, 0.05) is 6.54 Å². The van der Waals surface area contributed by atoms with Crippen molar-refractivity contribution in [2.45, 2.75) is 19.4 Å². The Bertz CT molecular complexity index is 645. The summed E-state index contributed by atoms with van der Waals surface area (Å²) in [5.74, 6) is 1.08. The SMILES string of the molecule is CCc1ccccc1OCC(=O)N1CCOCC1c1ncon1. The van der Waals surface area contributed by atoms with Gasteiger partial charge in [-0.05, 0) is 18.1 Å². The molecule has 1 aromatic heterocycles. The largest absolute Gasteiger partial charge is 0.483 e. The zero-order chi connectivity index (χ0) is 16.1. The second-order valence-electron chi connectivity index (χ2n) is 5.22. The Kier molecular flexibility index (Phi) is 4.87. The number of ether oxygens (including phenoxy) is 2. The first kappa shape index (κ1) is 15.5. The van der Waals surface area contributed by atoms with E-state index < -0.39 is 0 Å². The normalized spacial score (nSPS) is 18.0. The van der Waals surface area contributed by atoms with Crippen LogP contribution in [0.2, 0.25) is 0 Å². The number of amides is 1. The number of rotatable bonds is 5. The highest BCUT2D eigenvalue weighted by Gasteiger charge is 2.31. The third-order valence-electron chi connectivity index (χ3n) is 3.83. The van der Waals surface area contributed by atoms with Crippen LogP contribution in [0.4, 0.5) is 0 Å². The maximum absolute atomic E-state index is 12.5. The number of hydrogen-bond donors (Lipinski definition) is 0. The fraction of sp³-hybridized carbons (Fsp3) is 0.438. The van der Waals surface area contributed by atoms with Crippen LogP contribution in [-0.2, 0) is 16.0 Å². The molecule has 23 heavy (non-hydrogen) atoms. The van der Waals surface area contributed by atoms with Crippen LogP contribution in [0.15, 0.2) is 35.2 Å². The van der Waals surface area contributed by atoms with Crippen molar-refractivity contribution in [3.63, 3.8) is 0 Å². The summed E-state index contributed by atoms with van der Waals surface area (Å²) in [4.78, 5) is 18.2. The van der Waals surface area contributed by atoms with Crippen LogP contribution in [0, 0.1) is 0 Å². The molecule has 2 heterocycles. The summed E-state index contributed by atoms with van der Waals surface area (Å²) in [6.07, 6.45) is 2.11. The lowest BCUT2D eigenvalue weighted by molar-refractivity contribution is -0.142. The van der Waals surface area contributed by atoms with Crippen molar-refractivity contribution in [2.24, 2.45) is 0 Å². The monoisotopic (exact) mass is 317 g/mol. The highest BCUT2D eigenvalue weighted by atomic mass is 16.5. The van der Waals surface area contributed by atoms with Gasteiger partial charge >= 0.3 is 0 Å². The van der Waals surface area contributed by atoms with E-state index in [1.165, 1.54) is 6.39 Å². The second kappa shape index (κ2) is 7.23. The molecule has 0 spiro atoms. The fourth-order valence-electron chi connectivity index (χ4n) is 2.60. The molecule has 1 atom stereocenters. The molecule has 1 aliphatic heterocycles. The molecule has 0 saturated carbocycles. The quantitative estimate of drug-likeness (QED) is 0.834. The Balaban J connectivity index is 1.66. The average molecular weight is 317 g/mol. The van der Waals surface area contributed by atoms with Crippen molar-refractivity contribution in [3.05, 3.63) is 42.0 Å².